The molecular weight excluding hydrogens is 346 g/mol. The molecule has 3 N–H and O–H groups in total. The van der Waals surface area contributed by atoms with Crippen molar-refractivity contribution in [2.24, 2.45) is 11.8 Å². The molecule has 0 bridgehead atoms. The molecule has 2 atom stereocenters. The van der Waals surface area contributed by atoms with Crippen molar-refractivity contribution in [2.75, 3.05) is 23.1 Å². The van der Waals surface area contributed by atoms with Gasteiger partial charge >= 0.3 is 0 Å². The molecule has 1 fully saturated rings. The Balaban J connectivity index is 1.55. The zero-order valence-corrected chi connectivity index (χ0v) is 15.1. The van der Waals surface area contributed by atoms with Crippen molar-refractivity contribution in [1.82, 2.24) is 0 Å². The van der Waals surface area contributed by atoms with Crippen LogP contribution in [0.15, 0.2) is 48.5 Å². The van der Waals surface area contributed by atoms with Gasteiger partial charge in [0.2, 0.25) is 17.7 Å². The van der Waals surface area contributed by atoms with Gasteiger partial charge in [0.15, 0.2) is 0 Å². The zero-order chi connectivity index (χ0) is 19.4. The van der Waals surface area contributed by atoms with Gasteiger partial charge in [0.05, 0.1) is 18.9 Å². The van der Waals surface area contributed by atoms with E-state index in [4.69, 9.17) is 4.74 Å². The van der Waals surface area contributed by atoms with E-state index in [9.17, 15) is 14.4 Å². The first kappa shape index (κ1) is 18.4. The van der Waals surface area contributed by atoms with Gasteiger partial charge in [0.1, 0.15) is 5.75 Å². The number of carbonyl (C=O) groups excluding carboxylic acids is 3. The fourth-order valence-electron chi connectivity index (χ4n) is 2.82. The van der Waals surface area contributed by atoms with Gasteiger partial charge < -0.3 is 20.7 Å². The molecule has 1 aliphatic carbocycles. The number of carbonyl (C=O) groups is 3. The largest absolute Gasteiger partial charge is 0.497 e. The molecule has 2 unspecified atom stereocenters. The van der Waals surface area contributed by atoms with Crippen LogP contribution in [-0.2, 0) is 14.4 Å². The number of amides is 3. The van der Waals surface area contributed by atoms with Crippen LogP contribution in [0, 0.1) is 11.8 Å². The molecule has 0 radical (unpaired) electrons. The summed E-state index contributed by atoms with van der Waals surface area (Å²) >= 11 is 0. The number of anilines is 3. The number of methoxy groups -OCH3 is 1. The first-order chi connectivity index (χ1) is 13.0. The van der Waals surface area contributed by atoms with Crippen LogP contribution in [0.1, 0.15) is 13.3 Å². The monoisotopic (exact) mass is 367 g/mol. The minimum Gasteiger partial charge on any atom is -0.497 e. The maximum Gasteiger partial charge on any atom is 0.228 e. The van der Waals surface area contributed by atoms with Crippen LogP contribution in [0.25, 0.3) is 0 Å². The van der Waals surface area contributed by atoms with Crippen LogP contribution in [0.5, 0.6) is 5.75 Å². The quantitative estimate of drug-likeness (QED) is 0.731. The van der Waals surface area contributed by atoms with Gasteiger partial charge in [-0.15, -0.1) is 0 Å². The van der Waals surface area contributed by atoms with Gasteiger partial charge in [-0.3, -0.25) is 14.4 Å². The summed E-state index contributed by atoms with van der Waals surface area (Å²) < 4.78 is 5.13. The highest BCUT2D eigenvalue weighted by Gasteiger charge is 2.48. The van der Waals surface area contributed by atoms with E-state index in [0.717, 1.165) is 0 Å². The van der Waals surface area contributed by atoms with Crippen molar-refractivity contribution in [3.63, 3.8) is 0 Å². The fraction of sp³-hybridized carbons (Fsp3) is 0.250. The van der Waals surface area contributed by atoms with Crippen LogP contribution in [0.4, 0.5) is 17.1 Å². The smallest absolute Gasteiger partial charge is 0.228 e. The highest BCUT2D eigenvalue weighted by atomic mass is 16.5. The van der Waals surface area contributed by atoms with Gasteiger partial charge in [0, 0.05) is 30.1 Å². The molecule has 0 heterocycles. The van der Waals surface area contributed by atoms with E-state index in [0.29, 0.717) is 29.2 Å². The molecule has 3 amide bonds. The van der Waals surface area contributed by atoms with Gasteiger partial charge in [-0.2, -0.15) is 0 Å². The number of ether oxygens (including phenoxy) is 1. The van der Waals surface area contributed by atoms with E-state index < -0.39 is 0 Å². The summed E-state index contributed by atoms with van der Waals surface area (Å²) in [7, 11) is 1.56. The van der Waals surface area contributed by atoms with E-state index in [2.05, 4.69) is 16.0 Å². The molecule has 0 saturated heterocycles. The topological polar surface area (TPSA) is 96.5 Å². The molecule has 7 heteroatoms. The summed E-state index contributed by atoms with van der Waals surface area (Å²) in [5, 5.41) is 8.27. The molecule has 3 rings (SSSR count). The minimum absolute atomic E-state index is 0.185. The van der Waals surface area contributed by atoms with E-state index in [1.54, 1.807) is 55.6 Å². The Bertz CT molecular complexity index is 881. The second-order valence-corrected chi connectivity index (χ2v) is 6.42. The molecule has 1 saturated carbocycles. The summed E-state index contributed by atoms with van der Waals surface area (Å²) in [6.07, 6.45) is 0.507. The third-order valence-electron chi connectivity index (χ3n) is 4.25. The Kier molecular flexibility index (Phi) is 5.40. The molecule has 2 aromatic rings. The molecule has 7 nitrogen and oxygen atoms in total. The Morgan fingerprint density at radius 3 is 1.93 bits per heavy atom. The van der Waals surface area contributed by atoms with E-state index >= 15 is 0 Å². The summed E-state index contributed by atoms with van der Waals surface area (Å²) in [5.41, 5.74) is 1.81. The number of hydrogen-bond donors (Lipinski definition) is 3. The summed E-state index contributed by atoms with van der Waals surface area (Å²) in [4.78, 5) is 35.8. The first-order valence-electron chi connectivity index (χ1n) is 8.59. The van der Waals surface area contributed by atoms with Gasteiger partial charge in [-0.25, -0.2) is 0 Å². The van der Waals surface area contributed by atoms with Crippen molar-refractivity contribution < 1.29 is 19.1 Å². The number of benzene rings is 2. The molecular formula is C20H21N3O4. The highest BCUT2D eigenvalue weighted by molar-refractivity contribution is 6.03. The lowest BCUT2D eigenvalue weighted by Crippen LogP contribution is -2.20. The molecule has 1 aliphatic rings. The lowest BCUT2D eigenvalue weighted by Gasteiger charge is -2.08. The van der Waals surface area contributed by atoms with Crippen molar-refractivity contribution >= 4 is 34.8 Å². The van der Waals surface area contributed by atoms with Crippen molar-refractivity contribution in [2.45, 2.75) is 13.3 Å². The average molecular weight is 367 g/mol. The summed E-state index contributed by atoms with van der Waals surface area (Å²) in [6, 6.07) is 13.9. The third kappa shape index (κ3) is 4.84. The van der Waals surface area contributed by atoms with Gasteiger partial charge in [0.25, 0.3) is 0 Å². The predicted octanol–water partition coefficient (Wildman–Crippen LogP) is 2.87. The van der Waals surface area contributed by atoms with Gasteiger partial charge in [-0.1, -0.05) is 12.1 Å². The average Bonchev–Trinajstić information content (AvgIpc) is 3.42. The Labute approximate surface area is 157 Å². The highest BCUT2D eigenvalue weighted by Crippen LogP contribution is 2.40. The molecule has 140 valence electrons. The van der Waals surface area contributed by atoms with Gasteiger partial charge in [-0.05, 0) is 36.8 Å². The number of rotatable bonds is 6. The molecule has 0 aliphatic heterocycles. The lowest BCUT2D eigenvalue weighted by atomic mass is 10.2. The third-order valence-corrected chi connectivity index (χ3v) is 4.25. The maximum atomic E-state index is 12.4. The zero-order valence-electron chi connectivity index (χ0n) is 15.1. The predicted molar refractivity (Wildman–Crippen MR) is 103 cm³/mol. The van der Waals surface area contributed by atoms with E-state index in [-0.39, 0.29) is 29.6 Å². The normalized spacial score (nSPS) is 17.6. The second-order valence-electron chi connectivity index (χ2n) is 6.42. The van der Waals surface area contributed by atoms with E-state index in [1.165, 1.54) is 6.92 Å². The van der Waals surface area contributed by atoms with Crippen LogP contribution in [-0.4, -0.2) is 24.8 Å². The first-order valence-corrected chi connectivity index (χ1v) is 8.59. The summed E-state index contributed by atoms with van der Waals surface area (Å²) in [5.74, 6) is -0.641. The molecule has 27 heavy (non-hydrogen) atoms. The van der Waals surface area contributed by atoms with E-state index in [1.807, 2.05) is 0 Å². The van der Waals surface area contributed by atoms with Crippen LogP contribution in [0.2, 0.25) is 0 Å². The van der Waals surface area contributed by atoms with Crippen LogP contribution < -0.4 is 20.7 Å². The summed E-state index contributed by atoms with van der Waals surface area (Å²) in [6.45, 7) is 1.42. The molecule has 2 aromatic carbocycles. The lowest BCUT2D eigenvalue weighted by molar-refractivity contribution is -0.122. The number of nitrogens with one attached hydrogen (secondary N) is 3. The second kappa shape index (κ2) is 7.90. The number of hydrogen-bond acceptors (Lipinski definition) is 4. The van der Waals surface area contributed by atoms with Crippen LogP contribution in [0.3, 0.4) is 0 Å². The van der Waals surface area contributed by atoms with Crippen molar-refractivity contribution in [3.05, 3.63) is 48.5 Å². The SMILES string of the molecule is COc1cccc(NC(=O)C2CC2C(=O)Nc2cccc(NC(C)=O)c2)c1. The van der Waals surface area contributed by atoms with Crippen LogP contribution >= 0.6 is 0 Å². The molecule has 0 spiro atoms. The van der Waals surface area contributed by atoms with Crippen molar-refractivity contribution in [3.8, 4) is 5.75 Å². The standard InChI is InChI=1S/C20H21N3O4/c1-12(24)21-13-5-3-6-14(9-13)22-19(25)17-11-18(17)20(26)23-15-7-4-8-16(10-15)27-2/h3-10,17-18H,11H2,1-2H3,(H,21,24)(H,22,25)(H,23,26). The fourth-order valence-corrected chi connectivity index (χ4v) is 2.82. The Hall–Kier alpha value is -3.35. The Morgan fingerprint density at radius 1 is 0.852 bits per heavy atom. The maximum absolute atomic E-state index is 12.4. The van der Waals surface area contributed by atoms with Crippen molar-refractivity contribution in [1.29, 1.82) is 0 Å². The molecule has 0 aromatic heterocycles. The Morgan fingerprint density at radius 2 is 1.37 bits per heavy atom. The minimum atomic E-state index is -0.361.